The van der Waals surface area contributed by atoms with Crippen LogP contribution in [0.2, 0.25) is 0 Å². The standard InChI is InChI=1S/C13H21N3O3/c1-16(2)8-13(19)15-11-5-3-10(4-6-11)14-7-12(18)9-17/h3-6,12,14,17-18H,7-9H2,1-2H3,(H,15,19). The van der Waals surface area contributed by atoms with Crippen LogP contribution in [0.5, 0.6) is 0 Å². The molecule has 1 atom stereocenters. The van der Waals surface area contributed by atoms with Gasteiger partial charge < -0.3 is 25.7 Å². The van der Waals surface area contributed by atoms with Crippen LogP contribution in [0.15, 0.2) is 24.3 Å². The Morgan fingerprint density at radius 1 is 1.26 bits per heavy atom. The van der Waals surface area contributed by atoms with E-state index in [9.17, 15) is 9.90 Å². The van der Waals surface area contributed by atoms with Gasteiger partial charge in [0.25, 0.3) is 0 Å². The maximum absolute atomic E-state index is 11.5. The Morgan fingerprint density at radius 3 is 2.37 bits per heavy atom. The fourth-order valence-electron chi connectivity index (χ4n) is 1.46. The maximum Gasteiger partial charge on any atom is 0.238 e. The molecule has 0 radical (unpaired) electrons. The predicted molar refractivity (Wildman–Crippen MR) is 75.2 cm³/mol. The summed E-state index contributed by atoms with van der Waals surface area (Å²) in [5, 5.41) is 23.6. The largest absolute Gasteiger partial charge is 0.394 e. The summed E-state index contributed by atoms with van der Waals surface area (Å²) < 4.78 is 0. The van der Waals surface area contributed by atoms with E-state index in [-0.39, 0.29) is 19.1 Å². The first-order chi connectivity index (χ1) is 9.01. The SMILES string of the molecule is CN(C)CC(=O)Nc1ccc(NCC(O)CO)cc1. The monoisotopic (exact) mass is 267 g/mol. The zero-order chi connectivity index (χ0) is 14.3. The molecule has 0 heterocycles. The van der Waals surface area contributed by atoms with Gasteiger partial charge in [-0.2, -0.15) is 0 Å². The number of nitrogens with zero attached hydrogens (tertiary/aromatic N) is 1. The van der Waals surface area contributed by atoms with Crippen molar-refractivity contribution in [3.8, 4) is 0 Å². The molecule has 6 heteroatoms. The molecule has 4 N–H and O–H groups in total. The van der Waals surface area contributed by atoms with Gasteiger partial charge >= 0.3 is 0 Å². The van der Waals surface area contributed by atoms with Gasteiger partial charge in [-0.15, -0.1) is 0 Å². The number of benzene rings is 1. The summed E-state index contributed by atoms with van der Waals surface area (Å²) >= 11 is 0. The minimum absolute atomic E-state index is 0.0681. The molecule has 0 spiro atoms. The van der Waals surface area contributed by atoms with Crippen molar-refractivity contribution in [3.63, 3.8) is 0 Å². The number of aliphatic hydroxyl groups is 2. The summed E-state index contributed by atoms with van der Waals surface area (Å²) in [5.74, 6) is -0.0681. The van der Waals surface area contributed by atoms with Crippen molar-refractivity contribution in [1.82, 2.24) is 4.90 Å². The van der Waals surface area contributed by atoms with E-state index in [1.807, 2.05) is 14.1 Å². The van der Waals surface area contributed by atoms with Crippen LogP contribution in [-0.4, -0.2) is 60.9 Å². The van der Waals surface area contributed by atoms with Crippen LogP contribution < -0.4 is 10.6 Å². The molecule has 1 amide bonds. The first kappa shape index (κ1) is 15.4. The van der Waals surface area contributed by atoms with Gasteiger partial charge in [-0.1, -0.05) is 0 Å². The third-order valence-corrected chi connectivity index (χ3v) is 2.38. The molecule has 19 heavy (non-hydrogen) atoms. The quantitative estimate of drug-likeness (QED) is 0.557. The van der Waals surface area contributed by atoms with Crippen molar-refractivity contribution in [2.75, 3.05) is 44.4 Å². The molecule has 106 valence electrons. The van der Waals surface area contributed by atoms with Gasteiger partial charge in [0.1, 0.15) is 0 Å². The van der Waals surface area contributed by atoms with Gasteiger partial charge in [0.2, 0.25) is 5.91 Å². The Kier molecular flexibility index (Phi) is 6.27. The van der Waals surface area contributed by atoms with E-state index >= 15 is 0 Å². The van der Waals surface area contributed by atoms with Gasteiger partial charge in [0, 0.05) is 17.9 Å². The summed E-state index contributed by atoms with van der Waals surface area (Å²) in [7, 11) is 3.66. The lowest BCUT2D eigenvalue weighted by Crippen LogP contribution is -2.27. The smallest absolute Gasteiger partial charge is 0.238 e. The van der Waals surface area contributed by atoms with E-state index in [0.29, 0.717) is 6.54 Å². The Hall–Kier alpha value is -1.63. The second-order valence-corrected chi connectivity index (χ2v) is 4.58. The van der Waals surface area contributed by atoms with E-state index in [2.05, 4.69) is 10.6 Å². The maximum atomic E-state index is 11.5. The number of aliphatic hydroxyl groups excluding tert-OH is 2. The molecule has 1 unspecified atom stereocenters. The molecule has 0 aliphatic heterocycles. The normalized spacial score (nSPS) is 12.3. The van der Waals surface area contributed by atoms with Crippen LogP contribution in [0.4, 0.5) is 11.4 Å². The molecule has 1 aromatic carbocycles. The highest BCUT2D eigenvalue weighted by molar-refractivity contribution is 5.92. The van der Waals surface area contributed by atoms with Crippen molar-refractivity contribution < 1.29 is 15.0 Å². The highest BCUT2D eigenvalue weighted by Gasteiger charge is 2.04. The molecule has 0 bridgehead atoms. The molecule has 1 aromatic rings. The molecule has 0 aliphatic carbocycles. The Bertz CT molecular complexity index is 393. The lowest BCUT2D eigenvalue weighted by Gasteiger charge is -2.12. The first-order valence-electron chi connectivity index (χ1n) is 6.08. The van der Waals surface area contributed by atoms with Gasteiger partial charge in [0.15, 0.2) is 0 Å². The van der Waals surface area contributed by atoms with Crippen LogP contribution in [0.1, 0.15) is 0 Å². The Balaban J connectivity index is 2.45. The number of hydrogen-bond donors (Lipinski definition) is 4. The topological polar surface area (TPSA) is 84.8 Å². The minimum atomic E-state index is -0.778. The van der Waals surface area contributed by atoms with Crippen LogP contribution in [0, 0.1) is 0 Å². The molecule has 1 rings (SSSR count). The first-order valence-corrected chi connectivity index (χ1v) is 6.08. The number of likely N-dealkylation sites (N-methyl/N-ethyl adjacent to an activating group) is 1. The number of carbonyl (C=O) groups is 1. The third-order valence-electron chi connectivity index (χ3n) is 2.38. The lowest BCUT2D eigenvalue weighted by atomic mass is 10.2. The van der Waals surface area contributed by atoms with Crippen molar-refractivity contribution in [1.29, 1.82) is 0 Å². The fourth-order valence-corrected chi connectivity index (χ4v) is 1.46. The Morgan fingerprint density at radius 2 is 1.84 bits per heavy atom. The average molecular weight is 267 g/mol. The number of carbonyl (C=O) groups excluding carboxylic acids is 1. The minimum Gasteiger partial charge on any atom is -0.394 e. The van der Waals surface area contributed by atoms with Crippen molar-refractivity contribution in [2.45, 2.75) is 6.10 Å². The van der Waals surface area contributed by atoms with E-state index in [0.717, 1.165) is 11.4 Å². The fraction of sp³-hybridized carbons (Fsp3) is 0.462. The second kappa shape index (κ2) is 7.73. The summed E-state index contributed by atoms with van der Waals surface area (Å²) in [6.45, 7) is 0.344. The van der Waals surface area contributed by atoms with Gasteiger partial charge in [-0.25, -0.2) is 0 Å². The lowest BCUT2D eigenvalue weighted by molar-refractivity contribution is -0.116. The van der Waals surface area contributed by atoms with E-state index in [4.69, 9.17) is 5.11 Å². The van der Waals surface area contributed by atoms with Crippen LogP contribution >= 0.6 is 0 Å². The second-order valence-electron chi connectivity index (χ2n) is 4.58. The number of amides is 1. The highest BCUT2D eigenvalue weighted by atomic mass is 16.3. The van der Waals surface area contributed by atoms with E-state index in [1.54, 1.807) is 29.2 Å². The van der Waals surface area contributed by atoms with Crippen LogP contribution in [-0.2, 0) is 4.79 Å². The zero-order valence-electron chi connectivity index (χ0n) is 11.3. The van der Waals surface area contributed by atoms with Crippen molar-refractivity contribution in [2.24, 2.45) is 0 Å². The van der Waals surface area contributed by atoms with Crippen LogP contribution in [0.25, 0.3) is 0 Å². The molecular weight excluding hydrogens is 246 g/mol. The van der Waals surface area contributed by atoms with Gasteiger partial charge in [-0.05, 0) is 38.4 Å². The molecular formula is C13H21N3O3. The summed E-state index contributed by atoms with van der Waals surface area (Å²) in [6, 6.07) is 7.16. The third kappa shape index (κ3) is 6.19. The number of hydrogen-bond acceptors (Lipinski definition) is 5. The van der Waals surface area contributed by atoms with Gasteiger partial charge in [0.05, 0.1) is 19.3 Å². The predicted octanol–water partition coefficient (Wildman–Crippen LogP) is -0.0482. The average Bonchev–Trinajstić information content (AvgIpc) is 2.36. The number of nitrogens with one attached hydrogen (secondary N) is 2. The van der Waals surface area contributed by atoms with Crippen molar-refractivity contribution in [3.05, 3.63) is 24.3 Å². The summed E-state index contributed by atoms with van der Waals surface area (Å²) in [6.07, 6.45) is -0.778. The number of rotatable bonds is 7. The Labute approximate surface area is 113 Å². The molecule has 0 saturated carbocycles. The molecule has 0 aliphatic rings. The van der Waals surface area contributed by atoms with Crippen LogP contribution in [0.3, 0.4) is 0 Å². The molecule has 0 aromatic heterocycles. The van der Waals surface area contributed by atoms with E-state index < -0.39 is 6.10 Å². The molecule has 0 fully saturated rings. The molecule has 0 saturated heterocycles. The van der Waals surface area contributed by atoms with Gasteiger partial charge in [-0.3, -0.25) is 4.79 Å². The number of anilines is 2. The highest BCUT2D eigenvalue weighted by Crippen LogP contribution is 2.13. The van der Waals surface area contributed by atoms with E-state index in [1.165, 1.54) is 0 Å². The van der Waals surface area contributed by atoms with Crippen molar-refractivity contribution >= 4 is 17.3 Å². The zero-order valence-corrected chi connectivity index (χ0v) is 11.3. The summed E-state index contributed by atoms with van der Waals surface area (Å²) in [5.41, 5.74) is 1.54. The summed E-state index contributed by atoms with van der Waals surface area (Å²) in [4.78, 5) is 13.3. The molecule has 6 nitrogen and oxygen atoms in total.